The summed E-state index contributed by atoms with van der Waals surface area (Å²) in [4.78, 5) is 16.6. The lowest BCUT2D eigenvalue weighted by Crippen LogP contribution is -2.30. The Morgan fingerprint density at radius 3 is 2.56 bits per heavy atom. The molecule has 0 amide bonds. The second-order valence-electron chi connectivity index (χ2n) is 10.1. The van der Waals surface area contributed by atoms with Crippen molar-refractivity contribution in [1.82, 2.24) is 0 Å². The normalized spacial score (nSPS) is 22.6. The van der Waals surface area contributed by atoms with E-state index in [2.05, 4.69) is 53.6 Å². The van der Waals surface area contributed by atoms with Crippen molar-refractivity contribution in [3.8, 4) is 11.1 Å². The molecule has 3 aromatic carbocycles. The minimum atomic E-state index is -0.885. The van der Waals surface area contributed by atoms with Crippen LogP contribution in [0.3, 0.4) is 0 Å². The van der Waals surface area contributed by atoms with Gasteiger partial charge >= 0.3 is 5.97 Å². The summed E-state index contributed by atoms with van der Waals surface area (Å²) in [5.74, 6) is 1.80. The highest BCUT2D eigenvalue weighted by Crippen LogP contribution is 2.63. The van der Waals surface area contributed by atoms with Crippen LogP contribution in [0, 0.1) is 17.3 Å². The molecule has 1 N–H and O–H groups in total. The zero-order valence-electron chi connectivity index (χ0n) is 19.4. The molecule has 1 spiro atoms. The second-order valence-corrected chi connectivity index (χ2v) is 12.0. The summed E-state index contributed by atoms with van der Waals surface area (Å²) in [5.41, 5.74) is 5.61. The molecule has 1 heterocycles. The molecule has 0 bridgehead atoms. The summed E-state index contributed by atoms with van der Waals surface area (Å²) < 4.78 is 0. The van der Waals surface area contributed by atoms with E-state index in [-0.39, 0.29) is 0 Å². The molecular weight excluding hydrogens is 458 g/mol. The van der Waals surface area contributed by atoms with Crippen LogP contribution >= 0.6 is 23.5 Å². The Morgan fingerprint density at radius 2 is 1.82 bits per heavy atom. The quantitative estimate of drug-likeness (QED) is 0.380. The van der Waals surface area contributed by atoms with Gasteiger partial charge in [-0.3, -0.25) is 0 Å². The van der Waals surface area contributed by atoms with Gasteiger partial charge < -0.3 is 10.0 Å². The van der Waals surface area contributed by atoms with Crippen molar-refractivity contribution in [2.45, 2.75) is 35.5 Å². The van der Waals surface area contributed by atoms with Gasteiger partial charge in [0.2, 0.25) is 0 Å². The zero-order valence-corrected chi connectivity index (χ0v) is 21.0. The summed E-state index contributed by atoms with van der Waals surface area (Å²) in [7, 11) is 0. The summed E-state index contributed by atoms with van der Waals surface area (Å²) in [6, 6.07) is 22.8. The molecule has 0 aromatic heterocycles. The van der Waals surface area contributed by atoms with Crippen LogP contribution in [-0.2, 0) is 0 Å². The van der Waals surface area contributed by atoms with Crippen LogP contribution in [0.5, 0.6) is 0 Å². The number of benzene rings is 3. The van der Waals surface area contributed by atoms with Crippen molar-refractivity contribution >= 4 is 40.9 Å². The van der Waals surface area contributed by atoms with Crippen molar-refractivity contribution in [2.75, 3.05) is 23.5 Å². The first-order valence-corrected chi connectivity index (χ1v) is 14.3. The second kappa shape index (κ2) is 8.69. The third-order valence-corrected chi connectivity index (χ3v) is 9.95. The number of anilines is 2. The Kier molecular flexibility index (Phi) is 5.65. The molecule has 2 aliphatic carbocycles. The summed E-state index contributed by atoms with van der Waals surface area (Å²) in [6.07, 6.45) is 7.72. The summed E-state index contributed by atoms with van der Waals surface area (Å²) in [6.45, 7) is 1.08. The zero-order chi connectivity index (χ0) is 23.3. The molecule has 3 aliphatic rings. The molecule has 3 nitrogen and oxygen atoms in total. The Hall–Kier alpha value is -2.37. The standard InChI is InChI=1S/C29H29NO2S2/c1-33-26-14-25-27(13-24(26)19-6-5-7-20(12-19)28(31)32)34-18-22-16-29(10-11-29)15-21(22)17-30(25)23-8-3-2-4-9-23/h2-9,12-14,21-22H,10-11,15-18H2,1H3,(H,31,32). The highest BCUT2D eigenvalue weighted by atomic mass is 32.2. The third kappa shape index (κ3) is 4.03. The number of nitrogens with zero attached hydrogens (tertiary/aromatic N) is 1. The van der Waals surface area contributed by atoms with Gasteiger partial charge in [0.25, 0.3) is 0 Å². The van der Waals surface area contributed by atoms with Crippen LogP contribution in [0.4, 0.5) is 11.4 Å². The number of thioether (sulfide) groups is 2. The van der Waals surface area contributed by atoms with Gasteiger partial charge in [-0.15, -0.1) is 23.5 Å². The Bertz CT molecular complexity index is 1240. The highest BCUT2D eigenvalue weighted by molar-refractivity contribution is 7.99. The number of carboxylic acid groups (broad SMARTS) is 1. The van der Waals surface area contributed by atoms with Crippen LogP contribution in [0.15, 0.2) is 76.5 Å². The average Bonchev–Trinajstić information content (AvgIpc) is 3.53. The van der Waals surface area contributed by atoms with Gasteiger partial charge in [0.05, 0.1) is 11.3 Å². The van der Waals surface area contributed by atoms with Crippen molar-refractivity contribution in [2.24, 2.45) is 17.3 Å². The van der Waals surface area contributed by atoms with E-state index in [9.17, 15) is 9.90 Å². The first-order chi connectivity index (χ1) is 16.5. The van der Waals surface area contributed by atoms with Crippen LogP contribution in [0.25, 0.3) is 11.1 Å². The third-order valence-electron chi connectivity index (χ3n) is 7.94. The fraction of sp³-hybridized carbons (Fsp3) is 0.345. The van der Waals surface area contributed by atoms with Gasteiger partial charge in [-0.25, -0.2) is 4.79 Å². The van der Waals surface area contributed by atoms with Crippen molar-refractivity contribution in [3.05, 3.63) is 72.3 Å². The average molecular weight is 488 g/mol. The van der Waals surface area contributed by atoms with E-state index < -0.39 is 5.97 Å². The van der Waals surface area contributed by atoms with Gasteiger partial charge in [-0.05, 0) is 96.7 Å². The number of rotatable bonds is 4. The molecule has 3 aromatic rings. The van der Waals surface area contributed by atoms with E-state index >= 15 is 0 Å². The van der Waals surface area contributed by atoms with Gasteiger partial charge in [-0.2, -0.15) is 0 Å². The molecule has 5 heteroatoms. The molecular formula is C29H29NO2S2. The first kappa shape index (κ1) is 22.1. The lowest BCUT2D eigenvalue weighted by molar-refractivity contribution is 0.0697. The van der Waals surface area contributed by atoms with E-state index in [0.29, 0.717) is 11.0 Å². The van der Waals surface area contributed by atoms with E-state index in [0.717, 1.165) is 29.5 Å². The summed E-state index contributed by atoms with van der Waals surface area (Å²) in [5, 5.41) is 9.52. The molecule has 1 aliphatic heterocycles. The van der Waals surface area contributed by atoms with E-state index in [4.69, 9.17) is 0 Å². The monoisotopic (exact) mass is 487 g/mol. The molecule has 6 rings (SSSR count). The SMILES string of the molecule is CSc1cc2c(cc1-c1cccc(C(=O)O)c1)SCC1CC3(CC3)CC1CN2c1ccccc1. The maximum absolute atomic E-state index is 11.6. The van der Waals surface area contributed by atoms with Crippen LogP contribution in [0.1, 0.15) is 36.0 Å². The minimum Gasteiger partial charge on any atom is -0.478 e. The lowest BCUT2D eigenvalue weighted by Gasteiger charge is -2.35. The number of fused-ring (bicyclic) bond motifs is 2. The lowest BCUT2D eigenvalue weighted by atomic mass is 9.96. The van der Waals surface area contributed by atoms with Crippen molar-refractivity contribution in [1.29, 1.82) is 0 Å². The maximum Gasteiger partial charge on any atom is 0.335 e. The topological polar surface area (TPSA) is 40.5 Å². The number of aromatic carboxylic acids is 1. The van der Waals surface area contributed by atoms with Crippen molar-refractivity contribution < 1.29 is 9.90 Å². The molecule has 34 heavy (non-hydrogen) atoms. The Labute approximate surface area is 210 Å². The van der Waals surface area contributed by atoms with Crippen LogP contribution in [-0.4, -0.2) is 29.6 Å². The fourth-order valence-corrected chi connectivity index (χ4v) is 7.92. The van der Waals surface area contributed by atoms with E-state index in [1.54, 1.807) is 23.9 Å². The smallest absolute Gasteiger partial charge is 0.335 e. The van der Waals surface area contributed by atoms with Gasteiger partial charge in [-0.1, -0.05) is 30.3 Å². The molecule has 2 saturated carbocycles. The number of para-hydroxylation sites is 1. The van der Waals surface area contributed by atoms with Gasteiger partial charge in [0, 0.05) is 27.8 Å². The van der Waals surface area contributed by atoms with Crippen LogP contribution in [0.2, 0.25) is 0 Å². The molecule has 2 fully saturated rings. The molecule has 0 radical (unpaired) electrons. The highest BCUT2D eigenvalue weighted by Gasteiger charge is 2.53. The summed E-state index contributed by atoms with van der Waals surface area (Å²) >= 11 is 3.73. The predicted octanol–water partition coefficient (Wildman–Crippen LogP) is 7.82. The van der Waals surface area contributed by atoms with E-state index in [1.165, 1.54) is 52.6 Å². The molecule has 174 valence electrons. The number of carboxylic acids is 1. The van der Waals surface area contributed by atoms with Gasteiger partial charge in [0.1, 0.15) is 0 Å². The Balaban J connectivity index is 1.47. The molecule has 0 saturated heterocycles. The predicted molar refractivity (Wildman–Crippen MR) is 143 cm³/mol. The minimum absolute atomic E-state index is 0.332. The fourth-order valence-electron chi connectivity index (χ4n) is 5.99. The number of hydrogen-bond acceptors (Lipinski definition) is 4. The van der Waals surface area contributed by atoms with Gasteiger partial charge in [0.15, 0.2) is 0 Å². The maximum atomic E-state index is 11.6. The molecule has 2 unspecified atom stereocenters. The Morgan fingerprint density at radius 1 is 1.03 bits per heavy atom. The largest absolute Gasteiger partial charge is 0.478 e. The molecule has 2 atom stereocenters. The van der Waals surface area contributed by atoms with Crippen molar-refractivity contribution in [3.63, 3.8) is 0 Å². The van der Waals surface area contributed by atoms with Crippen LogP contribution < -0.4 is 4.90 Å². The number of hydrogen-bond donors (Lipinski definition) is 1. The van der Waals surface area contributed by atoms with E-state index in [1.807, 2.05) is 23.9 Å². The number of carbonyl (C=O) groups is 1. The first-order valence-electron chi connectivity index (χ1n) is 12.1.